The molecule has 0 fully saturated rings. The SMILES string of the molecule is COc1ccc(C(=O)NC(c2ccccc2)c2ccco2)cc1. The summed E-state index contributed by atoms with van der Waals surface area (Å²) in [5.41, 5.74) is 1.53. The average Bonchev–Trinajstić information content (AvgIpc) is 3.14. The van der Waals surface area contributed by atoms with E-state index in [0.29, 0.717) is 17.1 Å². The second kappa shape index (κ2) is 6.83. The molecule has 0 spiro atoms. The Bertz CT molecular complexity index is 749. The van der Waals surface area contributed by atoms with Gasteiger partial charge in [-0.25, -0.2) is 0 Å². The Labute approximate surface area is 134 Å². The zero-order chi connectivity index (χ0) is 16.1. The zero-order valence-corrected chi connectivity index (χ0v) is 12.7. The van der Waals surface area contributed by atoms with Crippen LogP contribution in [0.4, 0.5) is 0 Å². The van der Waals surface area contributed by atoms with E-state index in [1.165, 1.54) is 0 Å². The molecular formula is C19H17NO3. The third-order valence-corrected chi connectivity index (χ3v) is 3.59. The van der Waals surface area contributed by atoms with Crippen LogP contribution in [0, 0.1) is 0 Å². The molecule has 0 bridgehead atoms. The molecule has 0 saturated heterocycles. The van der Waals surface area contributed by atoms with Gasteiger partial charge >= 0.3 is 0 Å². The van der Waals surface area contributed by atoms with Crippen molar-refractivity contribution in [2.75, 3.05) is 7.11 Å². The number of hydrogen-bond donors (Lipinski definition) is 1. The molecule has 0 aliphatic heterocycles. The molecule has 0 aliphatic carbocycles. The van der Waals surface area contributed by atoms with Gasteiger partial charge < -0.3 is 14.5 Å². The van der Waals surface area contributed by atoms with Gasteiger partial charge in [0.05, 0.1) is 13.4 Å². The summed E-state index contributed by atoms with van der Waals surface area (Å²) in [6.45, 7) is 0. The molecule has 0 saturated carbocycles. The highest BCUT2D eigenvalue weighted by atomic mass is 16.5. The smallest absolute Gasteiger partial charge is 0.252 e. The quantitative estimate of drug-likeness (QED) is 0.780. The standard InChI is InChI=1S/C19H17NO3/c1-22-16-11-9-15(10-12-16)19(21)20-18(17-8-5-13-23-17)14-6-3-2-4-7-14/h2-13,18H,1H3,(H,20,21). The Hall–Kier alpha value is -3.01. The Morgan fingerprint density at radius 1 is 1.00 bits per heavy atom. The maximum Gasteiger partial charge on any atom is 0.252 e. The van der Waals surface area contributed by atoms with Crippen LogP contribution in [0.5, 0.6) is 5.75 Å². The first kappa shape index (κ1) is 14.9. The van der Waals surface area contributed by atoms with Crippen molar-refractivity contribution in [3.63, 3.8) is 0 Å². The summed E-state index contributed by atoms with van der Waals surface area (Å²) in [5, 5.41) is 3.02. The lowest BCUT2D eigenvalue weighted by Gasteiger charge is -2.17. The van der Waals surface area contributed by atoms with Gasteiger partial charge in [-0.3, -0.25) is 4.79 Å². The van der Waals surface area contributed by atoms with E-state index in [0.717, 1.165) is 5.56 Å². The lowest BCUT2D eigenvalue weighted by atomic mass is 10.0. The third kappa shape index (κ3) is 3.43. The molecule has 1 atom stereocenters. The van der Waals surface area contributed by atoms with E-state index in [2.05, 4.69) is 5.32 Å². The zero-order valence-electron chi connectivity index (χ0n) is 12.7. The first-order chi connectivity index (χ1) is 11.3. The summed E-state index contributed by atoms with van der Waals surface area (Å²) in [7, 11) is 1.59. The van der Waals surface area contributed by atoms with Crippen molar-refractivity contribution in [3.05, 3.63) is 89.9 Å². The second-order valence-corrected chi connectivity index (χ2v) is 5.06. The summed E-state index contributed by atoms with van der Waals surface area (Å²) in [4.78, 5) is 12.5. The number of ether oxygens (including phenoxy) is 1. The van der Waals surface area contributed by atoms with E-state index >= 15 is 0 Å². The number of amides is 1. The molecule has 4 heteroatoms. The number of carbonyl (C=O) groups excluding carboxylic acids is 1. The molecule has 2 aromatic carbocycles. The van der Waals surface area contributed by atoms with Crippen molar-refractivity contribution < 1.29 is 13.9 Å². The summed E-state index contributed by atoms with van der Waals surface area (Å²) >= 11 is 0. The normalized spacial score (nSPS) is 11.7. The third-order valence-electron chi connectivity index (χ3n) is 3.59. The van der Waals surface area contributed by atoms with Gasteiger partial charge in [0.1, 0.15) is 17.6 Å². The van der Waals surface area contributed by atoms with E-state index in [1.54, 1.807) is 37.6 Å². The van der Waals surface area contributed by atoms with E-state index in [9.17, 15) is 4.79 Å². The van der Waals surface area contributed by atoms with E-state index in [1.807, 2.05) is 42.5 Å². The lowest BCUT2D eigenvalue weighted by Crippen LogP contribution is -2.29. The predicted octanol–water partition coefficient (Wildman–Crippen LogP) is 3.81. The fraction of sp³-hybridized carbons (Fsp3) is 0.105. The molecule has 1 heterocycles. The Morgan fingerprint density at radius 3 is 2.35 bits per heavy atom. The Morgan fingerprint density at radius 2 is 1.74 bits per heavy atom. The van der Waals surface area contributed by atoms with Gasteiger partial charge in [-0.15, -0.1) is 0 Å². The molecule has 1 N–H and O–H groups in total. The highest BCUT2D eigenvalue weighted by molar-refractivity contribution is 5.94. The fourth-order valence-corrected chi connectivity index (χ4v) is 2.38. The van der Waals surface area contributed by atoms with Crippen LogP contribution in [0.25, 0.3) is 0 Å². The van der Waals surface area contributed by atoms with Gasteiger partial charge in [-0.1, -0.05) is 30.3 Å². The largest absolute Gasteiger partial charge is 0.497 e. The van der Waals surface area contributed by atoms with Crippen molar-refractivity contribution in [1.29, 1.82) is 0 Å². The number of carbonyl (C=O) groups is 1. The summed E-state index contributed by atoms with van der Waals surface area (Å²) in [6.07, 6.45) is 1.60. The summed E-state index contributed by atoms with van der Waals surface area (Å²) < 4.78 is 10.6. The molecule has 1 unspecified atom stereocenters. The molecule has 3 aromatic rings. The first-order valence-electron chi connectivity index (χ1n) is 7.31. The van der Waals surface area contributed by atoms with Crippen molar-refractivity contribution in [3.8, 4) is 5.75 Å². The molecule has 0 radical (unpaired) electrons. The molecule has 1 amide bonds. The van der Waals surface area contributed by atoms with Crippen LogP contribution in [0.1, 0.15) is 27.7 Å². The topological polar surface area (TPSA) is 51.5 Å². The van der Waals surface area contributed by atoms with Crippen LogP contribution in [0.3, 0.4) is 0 Å². The van der Waals surface area contributed by atoms with Crippen LogP contribution in [-0.2, 0) is 0 Å². The molecule has 0 aliphatic rings. The first-order valence-corrected chi connectivity index (χ1v) is 7.31. The van der Waals surface area contributed by atoms with Crippen molar-refractivity contribution in [2.45, 2.75) is 6.04 Å². The van der Waals surface area contributed by atoms with Crippen molar-refractivity contribution in [1.82, 2.24) is 5.32 Å². The fourth-order valence-electron chi connectivity index (χ4n) is 2.38. The van der Waals surface area contributed by atoms with Gasteiger partial charge in [0, 0.05) is 5.56 Å². The predicted molar refractivity (Wildman–Crippen MR) is 87.5 cm³/mol. The number of benzene rings is 2. The number of hydrogen-bond acceptors (Lipinski definition) is 3. The number of rotatable bonds is 5. The van der Waals surface area contributed by atoms with Crippen molar-refractivity contribution in [2.24, 2.45) is 0 Å². The number of nitrogens with one attached hydrogen (secondary N) is 1. The minimum Gasteiger partial charge on any atom is -0.497 e. The Balaban J connectivity index is 1.85. The highest BCUT2D eigenvalue weighted by Gasteiger charge is 2.20. The van der Waals surface area contributed by atoms with Gasteiger partial charge in [-0.05, 0) is 42.0 Å². The highest BCUT2D eigenvalue weighted by Crippen LogP contribution is 2.23. The molecule has 1 aromatic heterocycles. The second-order valence-electron chi connectivity index (χ2n) is 5.06. The molecule has 23 heavy (non-hydrogen) atoms. The monoisotopic (exact) mass is 307 g/mol. The Kier molecular flexibility index (Phi) is 4.43. The molecule has 4 nitrogen and oxygen atoms in total. The lowest BCUT2D eigenvalue weighted by molar-refractivity contribution is 0.0939. The van der Waals surface area contributed by atoms with E-state index < -0.39 is 0 Å². The molecule has 116 valence electrons. The maximum atomic E-state index is 12.5. The van der Waals surface area contributed by atoms with Crippen LogP contribution >= 0.6 is 0 Å². The minimum absolute atomic E-state index is 0.169. The van der Waals surface area contributed by atoms with Crippen molar-refractivity contribution >= 4 is 5.91 Å². The maximum absolute atomic E-state index is 12.5. The number of methoxy groups -OCH3 is 1. The number of furan rings is 1. The van der Waals surface area contributed by atoms with Gasteiger partial charge in [0.25, 0.3) is 5.91 Å². The summed E-state index contributed by atoms with van der Waals surface area (Å²) in [5.74, 6) is 1.24. The molecular weight excluding hydrogens is 290 g/mol. The summed E-state index contributed by atoms with van der Waals surface area (Å²) in [6, 6.07) is 20.1. The molecule has 3 rings (SSSR count). The van der Waals surface area contributed by atoms with Crippen LogP contribution < -0.4 is 10.1 Å². The van der Waals surface area contributed by atoms with Gasteiger partial charge in [0.2, 0.25) is 0 Å². The van der Waals surface area contributed by atoms with E-state index in [-0.39, 0.29) is 11.9 Å². The van der Waals surface area contributed by atoms with Crippen LogP contribution in [-0.4, -0.2) is 13.0 Å². The average molecular weight is 307 g/mol. The van der Waals surface area contributed by atoms with Crippen LogP contribution in [0.2, 0.25) is 0 Å². The van der Waals surface area contributed by atoms with Crippen LogP contribution in [0.15, 0.2) is 77.4 Å². The minimum atomic E-state index is -0.333. The van der Waals surface area contributed by atoms with Gasteiger partial charge in [0.15, 0.2) is 0 Å². The van der Waals surface area contributed by atoms with Gasteiger partial charge in [-0.2, -0.15) is 0 Å². The van der Waals surface area contributed by atoms with E-state index in [4.69, 9.17) is 9.15 Å².